The standard InChI is InChI=1S/C24H26ClN3O7S2/c1-16-20(25)6-5-7-21(16)27-37(32,33)19-11-8-17(9-12-19)26-24(29)15-28(36(4,30)31)22-14-18(34-2)10-13-23(22)35-3/h5-14,27H,15H2,1-4H3,(H,26,29). The molecule has 3 aromatic carbocycles. The molecule has 0 radical (unpaired) electrons. The number of methoxy groups -OCH3 is 2. The summed E-state index contributed by atoms with van der Waals surface area (Å²) in [6, 6.07) is 14.9. The summed E-state index contributed by atoms with van der Waals surface area (Å²) in [5.74, 6) is -0.0437. The molecule has 0 aliphatic heterocycles. The Labute approximate surface area is 221 Å². The maximum absolute atomic E-state index is 12.8. The van der Waals surface area contributed by atoms with Crippen molar-refractivity contribution < 1.29 is 31.1 Å². The summed E-state index contributed by atoms with van der Waals surface area (Å²) < 4.78 is 64.4. The molecule has 10 nitrogen and oxygen atoms in total. The van der Waals surface area contributed by atoms with Crippen LogP contribution < -0.4 is 23.8 Å². The summed E-state index contributed by atoms with van der Waals surface area (Å²) in [7, 11) is -5.00. The van der Waals surface area contributed by atoms with Gasteiger partial charge in [0.2, 0.25) is 15.9 Å². The van der Waals surface area contributed by atoms with Gasteiger partial charge in [0.05, 0.1) is 36.7 Å². The lowest BCUT2D eigenvalue weighted by Gasteiger charge is -2.24. The summed E-state index contributed by atoms with van der Waals surface area (Å²) in [6.45, 7) is 1.14. The number of hydrogen-bond acceptors (Lipinski definition) is 7. The zero-order valence-corrected chi connectivity index (χ0v) is 22.9. The average Bonchev–Trinajstić information content (AvgIpc) is 2.84. The van der Waals surface area contributed by atoms with Crippen LogP contribution in [-0.4, -0.2) is 49.8 Å². The highest BCUT2D eigenvalue weighted by Gasteiger charge is 2.25. The van der Waals surface area contributed by atoms with Gasteiger partial charge in [-0.1, -0.05) is 17.7 Å². The highest BCUT2D eigenvalue weighted by Crippen LogP contribution is 2.33. The third-order valence-electron chi connectivity index (χ3n) is 5.30. The number of nitrogens with one attached hydrogen (secondary N) is 2. The molecule has 13 heteroatoms. The average molecular weight is 568 g/mol. The van der Waals surface area contributed by atoms with Gasteiger partial charge in [0.25, 0.3) is 10.0 Å². The smallest absolute Gasteiger partial charge is 0.261 e. The van der Waals surface area contributed by atoms with E-state index < -0.39 is 32.5 Å². The van der Waals surface area contributed by atoms with Crippen molar-refractivity contribution in [3.63, 3.8) is 0 Å². The monoisotopic (exact) mass is 567 g/mol. The van der Waals surface area contributed by atoms with Crippen LogP contribution in [0.25, 0.3) is 0 Å². The van der Waals surface area contributed by atoms with Gasteiger partial charge < -0.3 is 14.8 Å². The molecule has 0 heterocycles. The van der Waals surface area contributed by atoms with Crippen LogP contribution in [0.5, 0.6) is 11.5 Å². The van der Waals surface area contributed by atoms with Crippen molar-refractivity contribution in [1.29, 1.82) is 0 Å². The summed E-state index contributed by atoms with van der Waals surface area (Å²) in [5, 5.41) is 3.00. The highest BCUT2D eigenvalue weighted by atomic mass is 35.5. The molecule has 0 atom stereocenters. The van der Waals surface area contributed by atoms with E-state index in [-0.39, 0.29) is 22.0 Å². The van der Waals surface area contributed by atoms with Gasteiger partial charge in [-0.2, -0.15) is 0 Å². The zero-order chi connectivity index (χ0) is 27.4. The lowest BCUT2D eigenvalue weighted by molar-refractivity contribution is -0.114. The second kappa shape index (κ2) is 11.3. The Morgan fingerprint density at radius 1 is 0.973 bits per heavy atom. The van der Waals surface area contributed by atoms with Gasteiger partial charge in [0.15, 0.2) is 0 Å². The first-order valence-electron chi connectivity index (χ1n) is 10.7. The van der Waals surface area contributed by atoms with E-state index in [1.54, 1.807) is 31.2 Å². The quantitative estimate of drug-likeness (QED) is 0.380. The number of ether oxygens (including phenoxy) is 2. The van der Waals surface area contributed by atoms with E-state index >= 15 is 0 Å². The third kappa shape index (κ3) is 6.85. The number of carbonyl (C=O) groups excluding carboxylic acids is 1. The minimum absolute atomic E-state index is 0.0382. The van der Waals surface area contributed by atoms with Gasteiger partial charge in [-0.25, -0.2) is 16.8 Å². The molecule has 0 unspecified atom stereocenters. The van der Waals surface area contributed by atoms with Gasteiger partial charge in [-0.15, -0.1) is 0 Å². The fraction of sp³-hybridized carbons (Fsp3) is 0.208. The fourth-order valence-corrected chi connectivity index (χ4v) is 5.49. The Balaban J connectivity index is 1.78. The number of hydrogen-bond donors (Lipinski definition) is 2. The van der Waals surface area contributed by atoms with Crippen LogP contribution in [-0.2, 0) is 24.8 Å². The molecule has 1 amide bonds. The maximum Gasteiger partial charge on any atom is 0.261 e. The minimum Gasteiger partial charge on any atom is -0.497 e. The number of nitrogens with zero attached hydrogens (tertiary/aromatic N) is 1. The fourth-order valence-electron chi connectivity index (χ4n) is 3.34. The predicted octanol–water partition coefficient (Wildman–Crippen LogP) is 3.87. The van der Waals surface area contributed by atoms with Crippen LogP contribution in [0.3, 0.4) is 0 Å². The second-order valence-corrected chi connectivity index (χ2v) is 11.9. The second-order valence-electron chi connectivity index (χ2n) is 7.90. The van der Waals surface area contributed by atoms with E-state index in [0.29, 0.717) is 22.0 Å². The normalized spacial score (nSPS) is 11.5. The lowest BCUT2D eigenvalue weighted by Crippen LogP contribution is -2.37. The molecule has 37 heavy (non-hydrogen) atoms. The topological polar surface area (TPSA) is 131 Å². The van der Waals surface area contributed by atoms with Gasteiger partial charge >= 0.3 is 0 Å². The Hall–Kier alpha value is -3.48. The van der Waals surface area contributed by atoms with E-state index in [1.807, 2.05) is 0 Å². The van der Waals surface area contributed by atoms with Crippen molar-refractivity contribution in [3.8, 4) is 11.5 Å². The molecule has 0 aliphatic rings. The molecular formula is C24H26ClN3O7S2. The van der Waals surface area contributed by atoms with Gasteiger partial charge in [0.1, 0.15) is 18.0 Å². The number of amides is 1. The molecule has 3 aromatic rings. The molecule has 0 fully saturated rings. The van der Waals surface area contributed by atoms with Crippen molar-refractivity contribution in [2.24, 2.45) is 0 Å². The number of sulfonamides is 2. The minimum atomic E-state index is -3.92. The van der Waals surface area contributed by atoms with E-state index in [1.165, 1.54) is 50.6 Å². The lowest BCUT2D eigenvalue weighted by atomic mass is 10.2. The van der Waals surface area contributed by atoms with Crippen LogP contribution in [0, 0.1) is 6.92 Å². The Morgan fingerprint density at radius 3 is 2.24 bits per heavy atom. The van der Waals surface area contributed by atoms with Crippen LogP contribution >= 0.6 is 11.6 Å². The Morgan fingerprint density at radius 2 is 1.65 bits per heavy atom. The summed E-state index contributed by atoms with van der Waals surface area (Å²) in [5.41, 5.74) is 1.33. The largest absolute Gasteiger partial charge is 0.497 e. The SMILES string of the molecule is COc1ccc(OC)c(N(CC(=O)Nc2ccc(S(=O)(=O)Nc3cccc(Cl)c3C)cc2)S(C)(=O)=O)c1. The van der Waals surface area contributed by atoms with Crippen molar-refractivity contribution in [3.05, 3.63) is 71.2 Å². The molecule has 0 aliphatic carbocycles. The summed E-state index contributed by atoms with van der Waals surface area (Å²) >= 11 is 6.06. The first-order chi connectivity index (χ1) is 17.4. The molecular weight excluding hydrogens is 542 g/mol. The van der Waals surface area contributed by atoms with Crippen LogP contribution in [0.15, 0.2) is 65.6 Å². The number of rotatable bonds is 10. The van der Waals surface area contributed by atoms with Crippen molar-refractivity contribution >= 4 is 54.6 Å². The van der Waals surface area contributed by atoms with E-state index in [9.17, 15) is 21.6 Å². The molecule has 3 rings (SSSR count). The first-order valence-corrected chi connectivity index (χ1v) is 14.4. The van der Waals surface area contributed by atoms with Gasteiger partial charge in [-0.3, -0.25) is 13.8 Å². The number of carbonyl (C=O) groups is 1. The highest BCUT2D eigenvalue weighted by molar-refractivity contribution is 7.92. The molecule has 0 saturated heterocycles. The molecule has 0 saturated carbocycles. The number of halogens is 1. The number of benzene rings is 3. The first kappa shape index (κ1) is 28.1. The van der Waals surface area contributed by atoms with Crippen LogP contribution in [0.1, 0.15) is 5.56 Å². The van der Waals surface area contributed by atoms with Crippen molar-refractivity contribution in [2.75, 3.05) is 41.4 Å². The van der Waals surface area contributed by atoms with E-state index in [0.717, 1.165) is 10.6 Å². The molecule has 2 N–H and O–H groups in total. The zero-order valence-electron chi connectivity index (χ0n) is 20.5. The molecule has 198 valence electrons. The van der Waals surface area contributed by atoms with Gasteiger partial charge in [0, 0.05) is 16.8 Å². The molecule has 0 spiro atoms. The number of anilines is 3. The van der Waals surface area contributed by atoms with Crippen molar-refractivity contribution in [2.45, 2.75) is 11.8 Å². The summed E-state index contributed by atoms with van der Waals surface area (Å²) in [4.78, 5) is 12.7. The summed E-state index contributed by atoms with van der Waals surface area (Å²) in [6.07, 6.45) is 0.966. The molecule has 0 aromatic heterocycles. The predicted molar refractivity (Wildman–Crippen MR) is 144 cm³/mol. The van der Waals surface area contributed by atoms with E-state index in [4.69, 9.17) is 21.1 Å². The third-order valence-corrected chi connectivity index (χ3v) is 8.22. The van der Waals surface area contributed by atoms with Crippen LogP contribution in [0.4, 0.5) is 17.1 Å². The van der Waals surface area contributed by atoms with Crippen molar-refractivity contribution in [1.82, 2.24) is 0 Å². The van der Waals surface area contributed by atoms with Crippen LogP contribution in [0.2, 0.25) is 5.02 Å². The van der Waals surface area contributed by atoms with E-state index in [2.05, 4.69) is 10.0 Å². The van der Waals surface area contributed by atoms with Gasteiger partial charge in [-0.05, 0) is 61.0 Å². The molecule has 0 bridgehead atoms. The Bertz CT molecular complexity index is 1510. The Kier molecular flexibility index (Phi) is 8.57. The maximum atomic E-state index is 12.8.